The van der Waals surface area contributed by atoms with Gasteiger partial charge in [0.15, 0.2) is 0 Å². The average molecular weight is 372 g/mol. The van der Waals surface area contributed by atoms with Crippen LogP contribution in [0, 0.1) is 11.8 Å². The lowest BCUT2D eigenvalue weighted by Crippen LogP contribution is -2.20. The molecule has 2 nitrogen and oxygen atoms in total. The summed E-state index contributed by atoms with van der Waals surface area (Å²) in [6.45, 7) is 0. The third kappa shape index (κ3) is 3.47. The molecule has 0 bridgehead atoms. The van der Waals surface area contributed by atoms with E-state index in [0.29, 0.717) is 11.4 Å². The highest BCUT2D eigenvalue weighted by Crippen LogP contribution is 2.38. The molecular formula is C24H18ClNO. The first kappa shape index (κ1) is 17.4. The molecule has 0 saturated carbocycles. The molecule has 1 unspecified atom stereocenters. The van der Waals surface area contributed by atoms with Crippen LogP contribution < -0.4 is 4.90 Å². The van der Waals surface area contributed by atoms with E-state index in [-0.39, 0.29) is 11.8 Å². The van der Waals surface area contributed by atoms with Crippen molar-refractivity contribution in [2.24, 2.45) is 0 Å². The summed E-state index contributed by atoms with van der Waals surface area (Å²) in [5.41, 5.74) is 4.88. The molecule has 0 aliphatic carbocycles. The molecule has 0 spiro atoms. The largest absolute Gasteiger partial charge is 0.315 e. The number of hydrogen-bond acceptors (Lipinski definition) is 1. The van der Waals surface area contributed by atoms with Gasteiger partial charge in [0.2, 0.25) is 5.91 Å². The Morgan fingerprint density at radius 1 is 1.00 bits per heavy atom. The third-order valence-electron chi connectivity index (χ3n) is 4.85. The van der Waals surface area contributed by atoms with Gasteiger partial charge in [0.1, 0.15) is 0 Å². The Bertz CT molecular complexity index is 1050. The fourth-order valence-corrected chi connectivity index (χ4v) is 3.65. The van der Waals surface area contributed by atoms with Crippen LogP contribution in [0.2, 0.25) is 5.02 Å². The molecule has 3 heteroatoms. The van der Waals surface area contributed by atoms with E-state index in [4.69, 9.17) is 11.6 Å². The van der Waals surface area contributed by atoms with E-state index in [9.17, 15) is 4.79 Å². The van der Waals surface area contributed by atoms with Crippen LogP contribution in [0.4, 0.5) is 5.69 Å². The van der Waals surface area contributed by atoms with Gasteiger partial charge >= 0.3 is 0 Å². The minimum absolute atomic E-state index is 0.0878. The number of halogens is 1. The van der Waals surface area contributed by atoms with Crippen molar-refractivity contribution in [3.63, 3.8) is 0 Å². The maximum atomic E-state index is 12.1. The summed E-state index contributed by atoms with van der Waals surface area (Å²) in [6.07, 6.45) is 0.406. The summed E-state index contributed by atoms with van der Waals surface area (Å²) in [5, 5.41) is 0.631. The molecule has 0 radical (unpaired) electrons. The molecule has 1 aliphatic heterocycles. The van der Waals surface area contributed by atoms with Gasteiger partial charge in [-0.05, 0) is 34.9 Å². The van der Waals surface area contributed by atoms with Gasteiger partial charge in [-0.3, -0.25) is 4.79 Å². The van der Waals surface area contributed by atoms with Crippen LogP contribution >= 0.6 is 11.6 Å². The van der Waals surface area contributed by atoms with E-state index >= 15 is 0 Å². The average Bonchev–Trinajstić information content (AvgIpc) is 2.97. The highest BCUT2D eigenvalue weighted by Gasteiger charge is 2.27. The van der Waals surface area contributed by atoms with Crippen molar-refractivity contribution in [3.8, 4) is 11.8 Å². The van der Waals surface area contributed by atoms with Crippen molar-refractivity contribution in [2.75, 3.05) is 11.9 Å². The Morgan fingerprint density at radius 3 is 2.37 bits per heavy atom. The summed E-state index contributed by atoms with van der Waals surface area (Å²) >= 11 is 6.64. The fourth-order valence-electron chi connectivity index (χ4n) is 3.38. The van der Waals surface area contributed by atoms with E-state index < -0.39 is 0 Å². The molecule has 0 aromatic heterocycles. The number of hydrogen-bond donors (Lipinski definition) is 0. The van der Waals surface area contributed by atoms with E-state index in [1.165, 1.54) is 0 Å². The quantitative estimate of drug-likeness (QED) is 0.578. The topological polar surface area (TPSA) is 20.3 Å². The molecule has 1 amide bonds. The molecule has 0 saturated heterocycles. The van der Waals surface area contributed by atoms with Crippen molar-refractivity contribution in [2.45, 2.75) is 12.3 Å². The first-order valence-corrected chi connectivity index (χ1v) is 9.21. The molecule has 3 aromatic rings. The van der Waals surface area contributed by atoms with E-state index in [1.807, 2.05) is 60.7 Å². The predicted octanol–water partition coefficient (Wildman–Crippen LogP) is 5.04. The van der Waals surface area contributed by atoms with Gasteiger partial charge in [-0.1, -0.05) is 78.0 Å². The maximum absolute atomic E-state index is 12.1. The first-order valence-electron chi connectivity index (χ1n) is 8.84. The first-order chi connectivity index (χ1) is 13.1. The van der Waals surface area contributed by atoms with Crippen molar-refractivity contribution in [3.05, 3.63) is 100 Å². The van der Waals surface area contributed by atoms with Gasteiger partial charge in [0.25, 0.3) is 0 Å². The lowest BCUT2D eigenvalue weighted by Gasteiger charge is -2.17. The summed E-state index contributed by atoms with van der Waals surface area (Å²) in [4.78, 5) is 13.7. The minimum atomic E-state index is -0.162. The monoisotopic (exact) mass is 371 g/mol. The van der Waals surface area contributed by atoms with Crippen molar-refractivity contribution in [1.29, 1.82) is 0 Å². The van der Waals surface area contributed by atoms with Crippen molar-refractivity contribution < 1.29 is 4.79 Å². The second kappa shape index (κ2) is 7.31. The minimum Gasteiger partial charge on any atom is -0.315 e. The molecule has 27 heavy (non-hydrogen) atoms. The van der Waals surface area contributed by atoms with Crippen LogP contribution in [0.5, 0.6) is 0 Å². The molecule has 3 aromatic carbocycles. The number of rotatable bonds is 2. The smallest absolute Gasteiger partial charge is 0.231 e. The van der Waals surface area contributed by atoms with E-state index in [2.05, 4.69) is 24.0 Å². The number of benzene rings is 3. The van der Waals surface area contributed by atoms with Gasteiger partial charge in [-0.2, -0.15) is 0 Å². The van der Waals surface area contributed by atoms with E-state index in [0.717, 1.165) is 27.9 Å². The van der Waals surface area contributed by atoms with Crippen molar-refractivity contribution in [1.82, 2.24) is 0 Å². The Balaban J connectivity index is 1.82. The highest BCUT2D eigenvalue weighted by molar-refractivity contribution is 6.32. The third-order valence-corrected chi connectivity index (χ3v) is 5.18. The van der Waals surface area contributed by atoms with Gasteiger partial charge in [-0.15, -0.1) is 0 Å². The van der Waals surface area contributed by atoms with Crippen LogP contribution in [0.3, 0.4) is 0 Å². The number of fused-ring (bicyclic) bond motifs is 1. The van der Waals surface area contributed by atoms with Gasteiger partial charge in [-0.25, -0.2) is 0 Å². The lowest BCUT2D eigenvalue weighted by atomic mass is 9.90. The molecule has 1 heterocycles. The fraction of sp³-hybridized carbons (Fsp3) is 0.125. The summed E-state index contributed by atoms with van der Waals surface area (Å²) in [6, 6.07) is 24.0. The van der Waals surface area contributed by atoms with Crippen molar-refractivity contribution >= 4 is 23.2 Å². The number of carbonyl (C=O) groups excluding carboxylic acids is 1. The summed E-state index contributed by atoms with van der Waals surface area (Å²) < 4.78 is 0. The van der Waals surface area contributed by atoms with Gasteiger partial charge in [0, 0.05) is 23.3 Å². The standard InChI is InChI=1S/C24H18ClNO/c1-26-23-16-22(25)21(14-19(23)15-24(26)27)20(18-10-6-3-7-11-18)13-12-17-8-4-2-5-9-17/h2-11,14,16,20H,15H2,1H3. The normalized spacial score (nSPS) is 13.7. The van der Waals surface area contributed by atoms with E-state index in [1.54, 1.807) is 11.9 Å². The molecule has 4 rings (SSSR count). The Morgan fingerprint density at radius 2 is 1.67 bits per heavy atom. The Kier molecular flexibility index (Phi) is 4.71. The number of anilines is 1. The number of carbonyl (C=O) groups is 1. The van der Waals surface area contributed by atoms with Crippen LogP contribution in [-0.4, -0.2) is 13.0 Å². The molecule has 1 atom stereocenters. The van der Waals surface area contributed by atoms with Crippen LogP contribution in [-0.2, 0) is 11.2 Å². The summed E-state index contributed by atoms with van der Waals surface area (Å²) in [5.74, 6) is 6.58. The zero-order chi connectivity index (χ0) is 18.8. The van der Waals surface area contributed by atoms with Gasteiger partial charge < -0.3 is 4.90 Å². The lowest BCUT2D eigenvalue weighted by molar-refractivity contribution is -0.117. The zero-order valence-electron chi connectivity index (χ0n) is 14.9. The number of amides is 1. The van der Waals surface area contributed by atoms with Crippen LogP contribution in [0.15, 0.2) is 72.8 Å². The Labute approximate surface area is 164 Å². The zero-order valence-corrected chi connectivity index (χ0v) is 15.7. The highest BCUT2D eigenvalue weighted by atomic mass is 35.5. The molecular weight excluding hydrogens is 354 g/mol. The number of likely N-dealkylation sites (N-methyl/N-ethyl adjacent to an activating group) is 1. The summed E-state index contributed by atoms with van der Waals surface area (Å²) in [7, 11) is 1.79. The molecule has 1 aliphatic rings. The molecule has 0 fully saturated rings. The molecule has 0 N–H and O–H groups in total. The predicted molar refractivity (Wildman–Crippen MR) is 110 cm³/mol. The molecule has 132 valence electrons. The Hall–Kier alpha value is -3.02. The SMILES string of the molecule is CN1C(=O)Cc2cc(C(C#Cc3ccccc3)c3ccccc3)c(Cl)cc21. The maximum Gasteiger partial charge on any atom is 0.231 e. The van der Waals surface area contributed by atoms with Crippen LogP contribution in [0.25, 0.3) is 0 Å². The second-order valence-electron chi connectivity index (χ2n) is 6.61. The number of nitrogens with zero attached hydrogens (tertiary/aromatic N) is 1. The van der Waals surface area contributed by atoms with Gasteiger partial charge in [0.05, 0.1) is 12.3 Å². The second-order valence-corrected chi connectivity index (χ2v) is 7.02. The van der Waals surface area contributed by atoms with Crippen LogP contribution in [0.1, 0.15) is 28.2 Å².